The summed E-state index contributed by atoms with van der Waals surface area (Å²) in [6, 6.07) is 5.43. The van der Waals surface area contributed by atoms with Crippen LogP contribution in [0.25, 0.3) is 10.9 Å². The molecular weight excluding hydrogens is 308 g/mol. The van der Waals surface area contributed by atoms with Gasteiger partial charge in [-0.25, -0.2) is 4.79 Å². The van der Waals surface area contributed by atoms with Crippen LogP contribution in [0.1, 0.15) is 31.4 Å². The van der Waals surface area contributed by atoms with E-state index in [2.05, 4.69) is 15.7 Å². The van der Waals surface area contributed by atoms with Crippen molar-refractivity contribution in [2.45, 2.75) is 38.6 Å². The number of nitrogens with one attached hydrogen (secondary N) is 2. The molecule has 0 bridgehead atoms. The van der Waals surface area contributed by atoms with Crippen LogP contribution in [0, 0.1) is 12.8 Å². The molecule has 1 saturated carbocycles. The molecule has 2 amide bonds. The van der Waals surface area contributed by atoms with Crippen molar-refractivity contribution < 1.29 is 14.7 Å². The van der Waals surface area contributed by atoms with Gasteiger partial charge >= 0.3 is 12.0 Å². The number of aliphatic carboxylic acids is 1. The van der Waals surface area contributed by atoms with Crippen molar-refractivity contribution in [3.63, 3.8) is 0 Å². The Morgan fingerprint density at radius 1 is 1.25 bits per heavy atom. The maximum atomic E-state index is 12.1. The van der Waals surface area contributed by atoms with E-state index in [0.717, 1.165) is 16.6 Å². The van der Waals surface area contributed by atoms with Crippen molar-refractivity contribution in [3.05, 3.63) is 23.9 Å². The molecule has 0 unspecified atom stereocenters. The van der Waals surface area contributed by atoms with Gasteiger partial charge in [-0.2, -0.15) is 5.10 Å². The normalized spacial score (nSPS) is 20.8. The molecule has 0 spiro atoms. The third-order valence-corrected chi connectivity index (χ3v) is 4.80. The summed E-state index contributed by atoms with van der Waals surface area (Å²) in [4.78, 5) is 23.1. The topological polar surface area (TPSA) is 96.2 Å². The minimum absolute atomic E-state index is 0.0291. The fourth-order valence-electron chi connectivity index (χ4n) is 3.25. The Morgan fingerprint density at radius 2 is 1.96 bits per heavy atom. The number of nitrogens with zero attached hydrogens (tertiary/aromatic N) is 2. The number of aryl methyl sites for hydroxylation is 2. The molecule has 0 radical (unpaired) electrons. The van der Waals surface area contributed by atoms with E-state index in [4.69, 9.17) is 5.11 Å². The Balaban J connectivity index is 1.58. The van der Waals surface area contributed by atoms with Crippen molar-refractivity contribution >= 4 is 28.6 Å². The minimum atomic E-state index is -0.739. The van der Waals surface area contributed by atoms with E-state index in [-0.39, 0.29) is 18.0 Å². The summed E-state index contributed by atoms with van der Waals surface area (Å²) < 4.78 is 1.81. The lowest BCUT2D eigenvalue weighted by Crippen LogP contribution is -2.40. The van der Waals surface area contributed by atoms with Gasteiger partial charge in [-0.05, 0) is 50.8 Å². The summed E-state index contributed by atoms with van der Waals surface area (Å²) >= 11 is 0. The first kappa shape index (κ1) is 16.3. The molecule has 0 atom stereocenters. The van der Waals surface area contributed by atoms with Crippen molar-refractivity contribution in [1.82, 2.24) is 15.1 Å². The van der Waals surface area contributed by atoms with E-state index < -0.39 is 5.97 Å². The average Bonchev–Trinajstić information content (AvgIpc) is 2.82. The summed E-state index contributed by atoms with van der Waals surface area (Å²) in [5.74, 6) is -1.02. The lowest BCUT2D eigenvalue weighted by molar-refractivity contribution is -0.142. The number of benzene rings is 1. The van der Waals surface area contributed by atoms with Crippen LogP contribution in [0.15, 0.2) is 18.2 Å². The van der Waals surface area contributed by atoms with Crippen molar-refractivity contribution in [2.75, 3.05) is 5.32 Å². The SMILES string of the molecule is Cc1c2ccc(NC(=O)NC3CCC(C(=O)O)CC3)cc2nn1C. The zero-order valence-electron chi connectivity index (χ0n) is 13.9. The molecule has 1 aliphatic carbocycles. The van der Waals surface area contributed by atoms with Gasteiger partial charge in [0.2, 0.25) is 0 Å². The van der Waals surface area contributed by atoms with E-state index in [1.54, 1.807) is 0 Å². The summed E-state index contributed by atoms with van der Waals surface area (Å²) in [6.45, 7) is 2.00. The largest absolute Gasteiger partial charge is 0.481 e. The van der Waals surface area contributed by atoms with E-state index >= 15 is 0 Å². The molecule has 7 nitrogen and oxygen atoms in total. The van der Waals surface area contributed by atoms with Crippen molar-refractivity contribution in [2.24, 2.45) is 13.0 Å². The van der Waals surface area contributed by atoms with Gasteiger partial charge < -0.3 is 15.7 Å². The quantitative estimate of drug-likeness (QED) is 0.806. The highest BCUT2D eigenvalue weighted by atomic mass is 16.4. The molecule has 24 heavy (non-hydrogen) atoms. The zero-order valence-corrected chi connectivity index (χ0v) is 13.9. The first-order valence-corrected chi connectivity index (χ1v) is 8.17. The van der Waals surface area contributed by atoms with Crippen molar-refractivity contribution in [3.8, 4) is 0 Å². The summed E-state index contributed by atoms with van der Waals surface area (Å²) in [5, 5.41) is 20.2. The predicted molar refractivity (Wildman–Crippen MR) is 91.0 cm³/mol. The molecule has 3 N–H and O–H groups in total. The molecule has 0 saturated heterocycles. The van der Waals surface area contributed by atoms with Crippen LogP contribution >= 0.6 is 0 Å². The van der Waals surface area contributed by atoms with Gasteiger partial charge in [0.15, 0.2) is 0 Å². The number of urea groups is 1. The van der Waals surface area contributed by atoms with Gasteiger partial charge in [-0.1, -0.05) is 0 Å². The van der Waals surface area contributed by atoms with Crippen LogP contribution in [0.2, 0.25) is 0 Å². The second-order valence-corrected chi connectivity index (χ2v) is 6.43. The Morgan fingerprint density at radius 3 is 2.62 bits per heavy atom. The molecular formula is C17H22N4O3. The number of fused-ring (bicyclic) bond motifs is 1. The highest BCUT2D eigenvalue weighted by molar-refractivity contribution is 5.93. The second-order valence-electron chi connectivity index (χ2n) is 6.43. The Hall–Kier alpha value is -2.57. The zero-order chi connectivity index (χ0) is 17.3. The summed E-state index contributed by atoms with van der Waals surface area (Å²) in [7, 11) is 1.89. The number of rotatable bonds is 3. The van der Waals surface area contributed by atoms with Crippen LogP contribution in [-0.4, -0.2) is 32.9 Å². The van der Waals surface area contributed by atoms with Gasteiger partial charge in [0.05, 0.1) is 11.4 Å². The smallest absolute Gasteiger partial charge is 0.319 e. The molecule has 1 heterocycles. The number of carbonyl (C=O) groups excluding carboxylic acids is 1. The van der Waals surface area contributed by atoms with E-state index in [1.807, 2.05) is 36.9 Å². The molecule has 128 valence electrons. The van der Waals surface area contributed by atoms with Gasteiger partial charge in [0.1, 0.15) is 0 Å². The summed E-state index contributed by atoms with van der Waals surface area (Å²) in [5.41, 5.74) is 2.61. The molecule has 1 aromatic carbocycles. The molecule has 1 aliphatic rings. The maximum absolute atomic E-state index is 12.1. The molecule has 1 fully saturated rings. The first-order valence-electron chi connectivity index (χ1n) is 8.17. The average molecular weight is 330 g/mol. The number of amides is 2. The van der Waals surface area contributed by atoms with E-state index in [9.17, 15) is 9.59 Å². The Labute approximate surface area is 140 Å². The van der Waals surface area contributed by atoms with Crippen LogP contribution in [0.5, 0.6) is 0 Å². The van der Waals surface area contributed by atoms with E-state index in [0.29, 0.717) is 31.4 Å². The monoisotopic (exact) mass is 330 g/mol. The molecule has 1 aromatic heterocycles. The second kappa shape index (κ2) is 6.51. The van der Waals surface area contributed by atoms with Gasteiger partial charge in [0, 0.05) is 29.9 Å². The Bertz CT molecular complexity index is 775. The highest BCUT2D eigenvalue weighted by Crippen LogP contribution is 2.25. The maximum Gasteiger partial charge on any atom is 0.319 e. The van der Waals surface area contributed by atoms with Gasteiger partial charge in [-0.15, -0.1) is 0 Å². The molecule has 0 aliphatic heterocycles. The third kappa shape index (κ3) is 3.34. The number of hydrogen-bond acceptors (Lipinski definition) is 3. The lowest BCUT2D eigenvalue weighted by atomic mass is 9.86. The van der Waals surface area contributed by atoms with Crippen LogP contribution in [0.4, 0.5) is 10.5 Å². The molecule has 7 heteroatoms. The number of hydrogen-bond donors (Lipinski definition) is 3. The third-order valence-electron chi connectivity index (χ3n) is 4.80. The summed E-state index contributed by atoms with van der Waals surface area (Å²) in [6.07, 6.45) is 2.62. The number of carboxylic acid groups (broad SMARTS) is 1. The molecule has 3 rings (SSSR count). The van der Waals surface area contributed by atoms with Crippen LogP contribution < -0.4 is 10.6 Å². The fourth-order valence-corrected chi connectivity index (χ4v) is 3.25. The van der Waals surface area contributed by atoms with E-state index in [1.165, 1.54) is 0 Å². The fraction of sp³-hybridized carbons (Fsp3) is 0.471. The standard InChI is InChI=1S/C17H22N4O3/c1-10-14-8-7-13(9-15(14)20-21(10)2)19-17(24)18-12-5-3-11(4-6-12)16(22)23/h7-9,11-12H,3-6H2,1-2H3,(H,22,23)(H2,18,19,24). The molecule has 2 aromatic rings. The van der Waals surface area contributed by atoms with Crippen molar-refractivity contribution in [1.29, 1.82) is 0 Å². The van der Waals surface area contributed by atoms with Crippen LogP contribution in [-0.2, 0) is 11.8 Å². The van der Waals surface area contributed by atoms with Gasteiger partial charge in [0.25, 0.3) is 0 Å². The predicted octanol–water partition coefficient (Wildman–Crippen LogP) is 2.65. The lowest BCUT2D eigenvalue weighted by Gasteiger charge is -2.26. The number of carbonyl (C=O) groups is 2. The number of anilines is 1. The van der Waals surface area contributed by atoms with Crippen LogP contribution in [0.3, 0.4) is 0 Å². The Kier molecular flexibility index (Phi) is 4.42. The number of aromatic nitrogens is 2. The van der Waals surface area contributed by atoms with Gasteiger partial charge in [-0.3, -0.25) is 9.48 Å². The minimum Gasteiger partial charge on any atom is -0.481 e. The first-order chi connectivity index (χ1) is 11.4. The number of carboxylic acids is 1. The highest BCUT2D eigenvalue weighted by Gasteiger charge is 2.26.